The van der Waals surface area contributed by atoms with Crippen molar-refractivity contribution in [3.05, 3.63) is 17.7 Å². The van der Waals surface area contributed by atoms with E-state index in [9.17, 15) is 0 Å². The summed E-state index contributed by atoms with van der Waals surface area (Å²) in [5, 5.41) is 0. The zero-order valence-corrected chi connectivity index (χ0v) is 12.2. The fraction of sp³-hybridized carbons (Fsp3) is 0.824. The van der Waals surface area contributed by atoms with Crippen LogP contribution in [0.4, 0.5) is 0 Å². The molecule has 4 bridgehead atoms. The van der Waals surface area contributed by atoms with Gasteiger partial charge in [-0.05, 0) is 68.6 Å². The number of nitrogens with zero attached hydrogens (tertiary/aromatic N) is 2. The van der Waals surface area contributed by atoms with E-state index in [0.29, 0.717) is 6.04 Å². The largest absolute Gasteiger partial charge is 0.333 e. The van der Waals surface area contributed by atoms with Crippen LogP contribution in [0.5, 0.6) is 0 Å². The fourth-order valence-corrected chi connectivity index (χ4v) is 6.17. The Balaban J connectivity index is 1.51. The van der Waals surface area contributed by atoms with Gasteiger partial charge in [0.2, 0.25) is 0 Å². The Kier molecular flexibility index (Phi) is 2.41. The van der Waals surface area contributed by atoms with Crippen LogP contribution in [-0.2, 0) is 13.0 Å². The van der Waals surface area contributed by atoms with Gasteiger partial charge in [0.1, 0.15) is 0 Å². The highest BCUT2D eigenvalue weighted by atomic mass is 15.1. The van der Waals surface area contributed by atoms with Gasteiger partial charge in [0.05, 0.1) is 12.0 Å². The summed E-state index contributed by atoms with van der Waals surface area (Å²) in [5.41, 5.74) is 9.11. The molecular formula is C17H25N3. The molecule has 3 nitrogen and oxygen atoms in total. The second-order valence-electron chi connectivity index (χ2n) is 7.98. The first kappa shape index (κ1) is 11.8. The van der Waals surface area contributed by atoms with Gasteiger partial charge >= 0.3 is 0 Å². The van der Waals surface area contributed by atoms with Crippen molar-refractivity contribution in [1.82, 2.24) is 9.55 Å². The Morgan fingerprint density at radius 3 is 2.45 bits per heavy atom. The van der Waals surface area contributed by atoms with E-state index in [1.807, 2.05) is 0 Å². The summed E-state index contributed by atoms with van der Waals surface area (Å²) in [6.07, 6.45) is 11.9. The van der Waals surface area contributed by atoms with E-state index < -0.39 is 0 Å². The molecule has 5 aliphatic rings. The van der Waals surface area contributed by atoms with E-state index in [1.165, 1.54) is 43.5 Å². The smallest absolute Gasteiger partial charge is 0.0952 e. The highest BCUT2D eigenvalue weighted by Gasteiger charge is 2.50. The molecule has 2 N–H and O–H groups in total. The fourth-order valence-electron chi connectivity index (χ4n) is 6.17. The number of imidazole rings is 1. The van der Waals surface area contributed by atoms with E-state index in [2.05, 4.69) is 10.9 Å². The summed E-state index contributed by atoms with van der Waals surface area (Å²) in [5.74, 6) is 4.79. The van der Waals surface area contributed by atoms with E-state index in [0.717, 1.165) is 49.0 Å². The first-order chi connectivity index (χ1) is 9.78. The number of aromatic nitrogens is 2. The van der Waals surface area contributed by atoms with E-state index in [-0.39, 0.29) is 0 Å². The average molecular weight is 271 g/mol. The van der Waals surface area contributed by atoms with Gasteiger partial charge in [0.25, 0.3) is 0 Å². The Morgan fingerprint density at radius 2 is 1.75 bits per heavy atom. The van der Waals surface area contributed by atoms with Crippen LogP contribution < -0.4 is 5.73 Å². The van der Waals surface area contributed by atoms with Gasteiger partial charge in [-0.2, -0.15) is 0 Å². The molecule has 1 aliphatic heterocycles. The lowest BCUT2D eigenvalue weighted by molar-refractivity contribution is -0.00443. The molecule has 0 radical (unpaired) electrons. The maximum Gasteiger partial charge on any atom is 0.0952 e. The zero-order chi connectivity index (χ0) is 13.3. The van der Waals surface area contributed by atoms with Crippen molar-refractivity contribution in [1.29, 1.82) is 0 Å². The molecule has 6 rings (SSSR count). The molecule has 0 spiro atoms. The van der Waals surface area contributed by atoms with Gasteiger partial charge in [0, 0.05) is 24.2 Å². The number of nitrogens with two attached hydrogens (primary N) is 1. The van der Waals surface area contributed by atoms with E-state index >= 15 is 0 Å². The highest BCUT2D eigenvalue weighted by Crippen LogP contribution is 2.59. The van der Waals surface area contributed by atoms with Crippen molar-refractivity contribution in [2.75, 3.05) is 0 Å². The van der Waals surface area contributed by atoms with Crippen molar-refractivity contribution >= 4 is 0 Å². The molecule has 4 aliphatic carbocycles. The summed E-state index contributed by atoms with van der Waals surface area (Å²) in [4.78, 5) is 4.89. The van der Waals surface area contributed by atoms with Crippen LogP contribution in [0, 0.1) is 23.7 Å². The lowest BCUT2D eigenvalue weighted by atomic mass is 9.51. The van der Waals surface area contributed by atoms with Gasteiger partial charge in [-0.15, -0.1) is 0 Å². The monoisotopic (exact) mass is 271 g/mol. The van der Waals surface area contributed by atoms with Crippen molar-refractivity contribution in [2.45, 2.75) is 63.5 Å². The number of rotatable bonds is 1. The first-order valence-corrected chi connectivity index (χ1v) is 8.57. The summed E-state index contributed by atoms with van der Waals surface area (Å²) < 4.78 is 2.36. The minimum absolute atomic E-state index is 0.336. The lowest BCUT2D eigenvalue weighted by Gasteiger charge is -2.54. The standard InChI is InChI=1S/C17H25N3/c18-14-1-2-15-17(19-9-20(15)8-14)16-12-4-10-3-11(6-12)7-13(16)5-10/h9-14,16H,1-8,18H2. The van der Waals surface area contributed by atoms with Crippen LogP contribution in [-0.4, -0.2) is 15.6 Å². The predicted molar refractivity (Wildman–Crippen MR) is 78.3 cm³/mol. The second-order valence-corrected chi connectivity index (χ2v) is 7.98. The minimum Gasteiger partial charge on any atom is -0.333 e. The number of fused-ring (bicyclic) bond motifs is 1. The zero-order valence-electron chi connectivity index (χ0n) is 12.2. The second kappa shape index (κ2) is 4.09. The molecule has 20 heavy (non-hydrogen) atoms. The molecular weight excluding hydrogens is 246 g/mol. The molecule has 4 saturated carbocycles. The molecule has 0 saturated heterocycles. The molecule has 1 unspecified atom stereocenters. The maximum atomic E-state index is 6.10. The summed E-state index contributed by atoms with van der Waals surface area (Å²) in [6, 6.07) is 0.336. The Morgan fingerprint density at radius 1 is 1.05 bits per heavy atom. The molecule has 0 amide bonds. The summed E-state index contributed by atoms with van der Waals surface area (Å²) >= 11 is 0. The van der Waals surface area contributed by atoms with Gasteiger partial charge in [-0.25, -0.2) is 4.98 Å². The van der Waals surface area contributed by atoms with Crippen LogP contribution in [0.15, 0.2) is 6.33 Å². The van der Waals surface area contributed by atoms with Crippen molar-refractivity contribution in [3.8, 4) is 0 Å². The molecule has 108 valence electrons. The topological polar surface area (TPSA) is 43.8 Å². The highest BCUT2D eigenvalue weighted by molar-refractivity contribution is 5.24. The van der Waals surface area contributed by atoms with E-state index in [1.54, 1.807) is 0 Å². The van der Waals surface area contributed by atoms with Crippen molar-refractivity contribution < 1.29 is 0 Å². The summed E-state index contributed by atoms with van der Waals surface area (Å²) in [6.45, 7) is 0.982. The van der Waals surface area contributed by atoms with Crippen LogP contribution >= 0.6 is 0 Å². The SMILES string of the molecule is NC1CCc2c(C3C4CC5CC(C4)CC3C5)ncn2C1. The molecule has 2 heterocycles. The number of hydrogen-bond donors (Lipinski definition) is 1. The molecule has 0 aromatic carbocycles. The Labute approximate surface area is 120 Å². The van der Waals surface area contributed by atoms with Crippen molar-refractivity contribution in [2.24, 2.45) is 29.4 Å². The van der Waals surface area contributed by atoms with Gasteiger partial charge < -0.3 is 10.3 Å². The molecule has 4 fully saturated rings. The van der Waals surface area contributed by atoms with Crippen LogP contribution in [0.3, 0.4) is 0 Å². The van der Waals surface area contributed by atoms with Crippen LogP contribution in [0.2, 0.25) is 0 Å². The van der Waals surface area contributed by atoms with E-state index in [4.69, 9.17) is 10.7 Å². The van der Waals surface area contributed by atoms with Crippen LogP contribution in [0.25, 0.3) is 0 Å². The van der Waals surface area contributed by atoms with Crippen LogP contribution in [0.1, 0.15) is 55.8 Å². The molecule has 1 aromatic heterocycles. The predicted octanol–water partition coefficient (Wildman–Crippen LogP) is 2.70. The van der Waals surface area contributed by atoms with Gasteiger partial charge in [-0.1, -0.05) is 0 Å². The van der Waals surface area contributed by atoms with Gasteiger partial charge in [0.15, 0.2) is 0 Å². The number of hydrogen-bond acceptors (Lipinski definition) is 2. The quantitative estimate of drug-likeness (QED) is 0.853. The lowest BCUT2D eigenvalue weighted by Crippen LogP contribution is -2.44. The maximum absolute atomic E-state index is 6.10. The Hall–Kier alpha value is -0.830. The Bertz CT molecular complexity index is 504. The average Bonchev–Trinajstić information content (AvgIpc) is 2.80. The molecule has 1 atom stereocenters. The molecule has 3 heteroatoms. The summed E-state index contributed by atoms with van der Waals surface area (Å²) in [7, 11) is 0. The molecule has 1 aromatic rings. The third-order valence-electron chi connectivity index (χ3n) is 6.70. The third kappa shape index (κ3) is 1.59. The normalized spacial score (nSPS) is 45.6. The van der Waals surface area contributed by atoms with Gasteiger partial charge in [-0.3, -0.25) is 0 Å². The third-order valence-corrected chi connectivity index (χ3v) is 6.70. The minimum atomic E-state index is 0.336. The first-order valence-electron chi connectivity index (χ1n) is 8.57. The van der Waals surface area contributed by atoms with Crippen molar-refractivity contribution in [3.63, 3.8) is 0 Å².